The molecule has 3 rings (SSSR count). The summed E-state index contributed by atoms with van der Waals surface area (Å²) in [5.74, 6) is 0.587. The maximum Gasteiger partial charge on any atom is 0.261 e. The lowest BCUT2D eigenvalue weighted by atomic mass is 10.1. The molecule has 0 aliphatic heterocycles. The van der Waals surface area contributed by atoms with Crippen LogP contribution >= 0.6 is 11.8 Å². The molecule has 0 bridgehead atoms. The molecule has 0 aromatic heterocycles. The Morgan fingerprint density at radius 1 is 0.938 bits per heavy atom. The number of aryl methyl sites for hydroxylation is 2. The van der Waals surface area contributed by atoms with E-state index in [0.29, 0.717) is 11.4 Å². The Hall–Kier alpha value is -2.97. The summed E-state index contributed by atoms with van der Waals surface area (Å²) in [6.07, 6.45) is 0. The Labute approximate surface area is 193 Å². The highest BCUT2D eigenvalue weighted by Crippen LogP contribution is 2.27. The molecule has 0 aliphatic carbocycles. The van der Waals surface area contributed by atoms with E-state index in [1.807, 2.05) is 63.2 Å². The molecule has 0 unspecified atom stereocenters. The summed E-state index contributed by atoms with van der Waals surface area (Å²) in [5.41, 5.74) is 2.80. The van der Waals surface area contributed by atoms with Crippen molar-refractivity contribution in [2.45, 2.75) is 35.8 Å². The lowest BCUT2D eigenvalue weighted by Gasteiger charge is -2.14. The minimum Gasteiger partial charge on any atom is -0.497 e. The molecule has 2 N–H and O–H groups in total. The van der Waals surface area contributed by atoms with Crippen molar-refractivity contribution in [3.05, 3.63) is 77.9 Å². The summed E-state index contributed by atoms with van der Waals surface area (Å²) >= 11 is 1.43. The van der Waals surface area contributed by atoms with Crippen molar-refractivity contribution in [3.63, 3.8) is 0 Å². The Morgan fingerprint density at radius 2 is 1.53 bits per heavy atom. The highest BCUT2D eigenvalue weighted by atomic mass is 32.2. The van der Waals surface area contributed by atoms with E-state index in [9.17, 15) is 13.2 Å². The molecule has 0 spiro atoms. The first kappa shape index (κ1) is 23.7. The van der Waals surface area contributed by atoms with E-state index in [1.54, 1.807) is 19.2 Å². The second-order valence-electron chi connectivity index (χ2n) is 7.32. The van der Waals surface area contributed by atoms with E-state index in [1.165, 1.54) is 23.9 Å². The normalized spacial score (nSPS) is 12.1. The van der Waals surface area contributed by atoms with Crippen LogP contribution in [0, 0.1) is 13.8 Å². The van der Waals surface area contributed by atoms with Gasteiger partial charge in [-0.25, -0.2) is 8.42 Å². The number of sulfonamides is 1. The number of methoxy groups -OCH3 is 1. The quantitative estimate of drug-likeness (QED) is 0.440. The van der Waals surface area contributed by atoms with Gasteiger partial charge in [0.1, 0.15) is 5.75 Å². The van der Waals surface area contributed by atoms with Gasteiger partial charge in [0.05, 0.1) is 22.9 Å². The van der Waals surface area contributed by atoms with Crippen LogP contribution in [0.25, 0.3) is 0 Å². The first-order chi connectivity index (χ1) is 15.2. The molecular formula is C24H26N2O4S2. The number of rotatable bonds is 8. The van der Waals surface area contributed by atoms with Crippen molar-refractivity contribution in [2.75, 3.05) is 17.1 Å². The van der Waals surface area contributed by atoms with E-state index < -0.39 is 10.0 Å². The average Bonchev–Trinajstić information content (AvgIpc) is 2.77. The summed E-state index contributed by atoms with van der Waals surface area (Å²) in [7, 11) is -2.14. The molecule has 0 saturated carbocycles. The van der Waals surface area contributed by atoms with Crippen LogP contribution in [-0.4, -0.2) is 26.7 Å². The fourth-order valence-corrected chi connectivity index (χ4v) is 5.11. The standard InChI is InChI=1S/C24H26N2O4S2/c1-16-6-5-7-17(2)23(16)26-32(28,29)22-14-8-19(9-15-22)25-24(27)18(3)31-21-12-10-20(30-4)11-13-21/h5-15,18,26H,1-4H3,(H,25,27)/t18-/m1/s1. The van der Waals surface area contributed by atoms with Gasteiger partial charge in [-0.05, 0) is 80.4 Å². The molecule has 6 nitrogen and oxygen atoms in total. The molecule has 1 amide bonds. The number of anilines is 2. The summed E-state index contributed by atoms with van der Waals surface area (Å²) in [5, 5.41) is 2.50. The summed E-state index contributed by atoms with van der Waals surface area (Å²) in [6, 6.07) is 19.2. The van der Waals surface area contributed by atoms with Gasteiger partial charge < -0.3 is 10.1 Å². The number of carbonyl (C=O) groups is 1. The van der Waals surface area contributed by atoms with Crippen molar-refractivity contribution in [1.82, 2.24) is 0 Å². The van der Waals surface area contributed by atoms with Gasteiger partial charge >= 0.3 is 0 Å². The summed E-state index contributed by atoms with van der Waals surface area (Å²) in [4.78, 5) is 13.6. The van der Waals surface area contributed by atoms with Crippen molar-refractivity contribution in [3.8, 4) is 5.75 Å². The number of ether oxygens (including phenoxy) is 1. The van der Waals surface area contributed by atoms with Gasteiger partial charge in [0.15, 0.2) is 0 Å². The summed E-state index contributed by atoms with van der Waals surface area (Å²) < 4.78 is 33.4. The largest absolute Gasteiger partial charge is 0.497 e. The van der Waals surface area contributed by atoms with Crippen molar-refractivity contribution < 1.29 is 17.9 Å². The third-order valence-electron chi connectivity index (χ3n) is 4.89. The molecule has 0 aliphatic rings. The molecule has 168 valence electrons. The zero-order valence-corrected chi connectivity index (χ0v) is 20.0. The Bertz CT molecular complexity index is 1170. The number of hydrogen-bond donors (Lipinski definition) is 2. The highest BCUT2D eigenvalue weighted by molar-refractivity contribution is 8.00. The fourth-order valence-electron chi connectivity index (χ4n) is 3.04. The average molecular weight is 471 g/mol. The molecule has 1 atom stereocenters. The zero-order valence-electron chi connectivity index (χ0n) is 18.4. The number of carbonyl (C=O) groups excluding carboxylic acids is 1. The van der Waals surface area contributed by atoms with Crippen LogP contribution in [0.5, 0.6) is 5.75 Å². The zero-order chi connectivity index (χ0) is 23.3. The molecule has 0 saturated heterocycles. The van der Waals surface area contributed by atoms with Crippen LogP contribution in [0.3, 0.4) is 0 Å². The van der Waals surface area contributed by atoms with Crippen LogP contribution in [0.2, 0.25) is 0 Å². The predicted molar refractivity (Wildman–Crippen MR) is 130 cm³/mol. The number of hydrogen-bond acceptors (Lipinski definition) is 5. The molecule has 0 fully saturated rings. The SMILES string of the molecule is COc1ccc(S[C@H](C)C(=O)Nc2ccc(S(=O)(=O)Nc3c(C)cccc3C)cc2)cc1. The van der Waals surface area contributed by atoms with E-state index >= 15 is 0 Å². The third kappa shape index (κ3) is 5.83. The molecule has 0 radical (unpaired) electrons. The fraction of sp³-hybridized carbons (Fsp3) is 0.208. The van der Waals surface area contributed by atoms with E-state index in [2.05, 4.69) is 10.0 Å². The van der Waals surface area contributed by atoms with Crippen LogP contribution < -0.4 is 14.8 Å². The molecule has 0 heterocycles. The van der Waals surface area contributed by atoms with Gasteiger partial charge in [-0.1, -0.05) is 18.2 Å². The van der Waals surface area contributed by atoms with Gasteiger partial charge in [-0.2, -0.15) is 0 Å². The summed E-state index contributed by atoms with van der Waals surface area (Å²) in [6.45, 7) is 5.53. The van der Waals surface area contributed by atoms with Gasteiger partial charge in [0, 0.05) is 10.6 Å². The molecule has 8 heteroatoms. The molecule has 3 aromatic rings. The number of amides is 1. The van der Waals surface area contributed by atoms with Gasteiger partial charge in [0.25, 0.3) is 10.0 Å². The monoisotopic (exact) mass is 470 g/mol. The second-order valence-corrected chi connectivity index (χ2v) is 10.4. The molecule has 32 heavy (non-hydrogen) atoms. The van der Waals surface area contributed by atoms with Gasteiger partial charge in [0.2, 0.25) is 5.91 Å². The maximum absolute atomic E-state index is 12.8. The minimum atomic E-state index is -3.74. The Kier molecular flexibility index (Phi) is 7.48. The van der Waals surface area contributed by atoms with Crippen molar-refractivity contribution in [2.24, 2.45) is 0 Å². The van der Waals surface area contributed by atoms with Crippen LogP contribution in [-0.2, 0) is 14.8 Å². The minimum absolute atomic E-state index is 0.124. The van der Waals surface area contributed by atoms with E-state index in [4.69, 9.17) is 4.74 Å². The Balaban J connectivity index is 1.64. The van der Waals surface area contributed by atoms with E-state index in [-0.39, 0.29) is 16.1 Å². The first-order valence-corrected chi connectivity index (χ1v) is 12.4. The van der Waals surface area contributed by atoms with Crippen LogP contribution in [0.1, 0.15) is 18.1 Å². The van der Waals surface area contributed by atoms with Crippen LogP contribution in [0.15, 0.2) is 76.5 Å². The predicted octanol–water partition coefficient (Wildman–Crippen LogP) is 5.23. The topological polar surface area (TPSA) is 84.5 Å². The maximum atomic E-state index is 12.8. The number of benzene rings is 3. The number of thioether (sulfide) groups is 1. The van der Waals surface area contributed by atoms with Crippen molar-refractivity contribution >= 4 is 39.1 Å². The Morgan fingerprint density at radius 3 is 2.09 bits per heavy atom. The second kappa shape index (κ2) is 10.1. The lowest BCUT2D eigenvalue weighted by molar-refractivity contribution is -0.115. The highest BCUT2D eigenvalue weighted by Gasteiger charge is 2.18. The molecule has 3 aromatic carbocycles. The van der Waals surface area contributed by atoms with Gasteiger partial charge in [-0.3, -0.25) is 9.52 Å². The first-order valence-electron chi connectivity index (χ1n) is 10.0. The van der Waals surface area contributed by atoms with Crippen LogP contribution in [0.4, 0.5) is 11.4 Å². The number of nitrogens with one attached hydrogen (secondary N) is 2. The third-order valence-corrected chi connectivity index (χ3v) is 7.37. The molecular weight excluding hydrogens is 444 g/mol. The van der Waals surface area contributed by atoms with E-state index in [0.717, 1.165) is 21.8 Å². The number of para-hydroxylation sites is 1. The lowest BCUT2D eigenvalue weighted by Crippen LogP contribution is -2.22. The van der Waals surface area contributed by atoms with Gasteiger partial charge in [-0.15, -0.1) is 11.8 Å². The van der Waals surface area contributed by atoms with Crippen molar-refractivity contribution in [1.29, 1.82) is 0 Å². The smallest absolute Gasteiger partial charge is 0.261 e.